The van der Waals surface area contributed by atoms with E-state index in [0.29, 0.717) is 0 Å². The van der Waals surface area contributed by atoms with Gasteiger partial charge in [0.25, 0.3) is 0 Å². The molecule has 0 aliphatic heterocycles. The Morgan fingerprint density at radius 1 is 1.29 bits per heavy atom. The standard InChI is InChI=1S/C14H26/c1-6-10(4)12(7-2)9-14-11(5)13(14)8-3/h8,10-14H,3,6-7,9H2,1-2,4-5H3. The number of allylic oxidation sites excluding steroid dienone is 1. The highest BCUT2D eigenvalue weighted by molar-refractivity contribution is 5.04. The fraction of sp³-hybridized carbons (Fsp3) is 0.857. The van der Waals surface area contributed by atoms with E-state index in [1.807, 2.05) is 0 Å². The molecule has 0 saturated heterocycles. The maximum Gasteiger partial charge on any atom is -0.0176 e. The van der Waals surface area contributed by atoms with Gasteiger partial charge in [-0.1, -0.05) is 46.6 Å². The molecule has 82 valence electrons. The summed E-state index contributed by atoms with van der Waals surface area (Å²) in [6, 6.07) is 0. The van der Waals surface area contributed by atoms with Crippen LogP contribution in [0, 0.1) is 29.6 Å². The second-order valence-corrected chi connectivity index (χ2v) is 5.13. The summed E-state index contributed by atoms with van der Waals surface area (Å²) in [4.78, 5) is 0. The Bertz CT molecular complexity index is 182. The fourth-order valence-corrected chi connectivity index (χ4v) is 2.83. The Balaban J connectivity index is 2.38. The summed E-state index contributed by atoms with van der Waals surface area (Å²) in [5.41, 5.74) is 0. The Hall–Kier alpha value is -0.260. The Morgan fingerprint density at radius 3 is 2.29 bits per heavy atom. The molecule has 0 nitrogen and oxygen atoms in total. The third-order valence-corrected chi connectivity index (χ3v) is 4.46. The van der Waals surface area contributed by atoms with Gasteiger partial charge in [0, 0.05) is 0 Å². The molecule has 0 N–H and O–H groups in total. The quantitative estimate of drug-likeness (QED) is 0.545. The molecular formula is C14H26. The van der Waals surface area contributed by atoms with Crippen LogP contribution in [0.4, 0.5) is 0 Å². The summed E-state index contributed by atoms with van der Waals surface area (Å²) in [6.45, 7) is 13.4. The van der Waals surface area contributed by atoms with E-state index in [1.165, 1.54) is 19.3 Å². The predicted molar refractivity (Wildman–Crippen MR) is 64.2 cm³/mol. The number of hydrogen-bond acceptors (Lipinski definition) is 0. The highest BCUT2D eigenvalue weighted by Gasteiger charge is 2.44. The zero-order valence-electron chi connectivity index (χ0n) is 10.3. The molecule has 0 aromatic carbocycles. The predicted octanol–water partition coefficient (Wildman–Crippen LogP) is 4.52. The van der Waals surface area contributed by atoms with Crippen LogP contribution in [-0.2, 0) is 0 Å². The van der Waals surface area contributed by atoms with E-state index in [2.05, 4.69) is 40.3 Å². The summed E-state index contributed by atoms with van der Waals surface area (Å²) < 4.78 is 0. The Kier molecular flexibility index (Phi) is 4.22. The van der Waals surface area contributed by atoms with E-state index in [4.69, 9.17) is 0 Å². The molecule has 0 bridgehead atoms. The normalized spacial score (nSPS) is 35.0. The van der Waals surface area contributed by atoms with Crippen molar-refractivity contribution in [2.45, 2.75) is 47.0 Å². The van der Waals surface area contributed by atoms with Gasteiger partial charge >= 0.3 is 0 Å². The number of rotatable bonds is 6. The van der Waals surface area contributed by atoms with Gasteiger partial charge < -0.3 is 0 Å². The monoisotopic (exact) mass is 194 g/mol. The average molecular weight is 194 g/mol. The SMILES string of the molecule is C=CC1C(C)C1CC(CC)C(C)CC. The van der Waals surface area contributed by atoms with E-state index >= 15 is 0 Å². The number of hydrogen-bond donors (Lipinski definition) is 0. The van der Waals surface area contributed by atoms with Crippen molar-refractivity contribution < 1.29 is 0 Å². The lowest BCUT2D eigenvalue weighted by atomic mass is 9.85. The highest BCUT2D eigenvalue weighted by atomic mass is 14.5. The maximum atomic E-state index is 3.92. The second kappa shape index (κ2) is 5.00. The van der Waals surface area contributed by atoms with Crippen LogP contribution in [0.15, 0.2) is 12.7 Å². The molecule has 1 saturated carbocycles. The second-order valence-electron chi connectivity index (χ2n) is 5.13. The topological polar surface area (TPSA) is 0 Å². The van der Waals surface area contributed by atoms with Crippen molar-refractivity contribution in [1.82, 2.24) is 0 Å². The van der Waals surface area contributed by atoms with Crippen molar-refractivity contribution >= 4 is 0 Å². The molecule has 1 aliphatic carbocycles. The summed E-state index contributed by atoms with van der Waals surface area (Å²) in [7, 11) is 0. The molecule has 5 unspecified atom stereocenters. The van der Waals surface area contributed by atoms with Crippen LogP contribution >= 0.6 is 0 Å². The summed E-state index contributed by atoms with van der Waals surface area (Å²) in [5, 5.41) is 0. The molecule has 5 atom stereocenters. The average Bonchev–Trinajstić information content (AvgIpc) is 2.83. The van der Waals surface area contributed by atoms with Crippen molar-refractivity contribution in [1.29, 1.82) is 0 Å². The summed E-state index contributed by atoms with van der Waals surface area (Å²) in [6.07, 6.45) is 6.28. The minimum Gasteiger partial charge on any atom is -0.103 e. The molecule has 0 aromatic heterocycles. The first kappa shape index (κ1) is 11.8. The third kappa shape index (κ3) is 2.40. The van der Waals surface area contributed by atoms with Gasteiger partial charge in [-0.25, -0.2) is 0 Å². The zero-order chi connectivity index (χ0) is 10.7. The van der Waals surface area contributed by atoms with Crippen LogP contribution in [0.3, 0.4) is 0 Å². The van der Waals surface area contributed by atoms with Crippen molar-refractivity contribution in [3.63, 3.8) is 0 Å². The molecule has 0 radical (unpaired) electrons. The minimum atomic E-state index is 0.827. The molecule has 0 heteroatoms. The first-order valence-electron chi connectivity index (χ1n) is 6.28. The first-order chi connectivity index (χ1) is 6.65. The van der Waals surface area contributed by atoms with Crippen LogP contribution < -0.4 is 0 Å². The van der Waals surface area contributed by atoms with Gasteiger partial charge in [0.05, 0.1) is 0 Å². The van der Waals surface area contributed by atoms with Crippen LogP contribution in [-0.4, -0.2) is 0 Å². The maximum absolute atomic E-state index is 3.92. The van der Waals surface area contributed by atoms with Crippen LogP contribution in [0.5, 0.6) is 0 Å². The molecule has 0 spiro atoms. The highest BCUT2D eigenvalue weighted by Crippen LogP contribution is 2.51. The van der Waals surface area contributed by atoms with E-state index in [9.17, 15) is 0 Å². The first-order valence-corrected chi connectivity index (χ1v) is 6.28. The molecule has 1 fully saturated rings. The Labute approximate surface area is 89.8 Å². The van der Waals surface area contributed by atoms with Crippen LogP contribution in [0.1, 0.15) is 47.0 Å². The van der Waals surface area contributed by atoms with Crippen molar-refractivity contribution in [2.24, 2.45) is 29.6 Å². The zero-order valence-corrected chi connectivity index (χ0v) is 10.3. The van der Waals surface area contributed by atoms with E-state index in [0.717, 1.165) is 29.6 Å². The third-order valence-electron chi connectivity index (χ3n) is 4.46. The van der Waals surface area contributed by atoms with Gasteiger partial charge in [0.15, 0.2) is 0 Å². The fourth-order valence-electron chi connectivity index (χ4n) is 2.83. The largest absolute Gasteiger partial charge is 0.103 e. The van der Waals surface area contributed by atoms with Gasteiger partial charge in [0.1, 0.15) is 0 Å². The molecule has 1 rings (SSSR count). The Morgan fingerprint density at radius 2 is 1.93 bits per heavy atom. The van der Waals surface area contributed by atoms with Crippen molar-refractivity contribution in [3.8, 4) is 0 Å². The smallest absolute Gasteiger partial charge is 0.0176 e. The molecule has 1 aliphatic rings. The van der Waals surface area contributed by atoms with Crippen LogP contribution in [0.2, 0.25) is 0 Å². The lowest BCUT2D eigenvalue weighted by molar-refractivity contribution is 0.297. The van der Waals surface area contributed by atoms with Crippen LogP contribution in [0.25, 0.3) is 0 Å². The molecule has 14 heavy (non-hydrogen) atoms. The lowest BCUT2D eigenvalue weighted by Crippen LogP contribution is -2.11. The van der Waals surface area contributed by atoms with E-state index in [1.54, 1.807) is 0 Å². The summed E-state index contributed by atoms with van der Waals surface area (Å²) in [5.74, 6) is 4.53. The van der Waals surface area contributed by atoms with Gasteiger partial charge in [-0.05, 0) is 36.0 Å². The van der Waals surface area contributed by atoms with Gasteiger partial charge in [-0.3, -0.25) is 0 Å². The van der Waals surface area contributed by atoms with Gasteiger partial charge in [-0.15, -0.1) is 6.58 Å². The van der Waals surface area contributed by atoms with Gasteiger partial charge in [-0.2, -0.15) is 0 Å². The minimum absolute atomic E-state index is 0.827. The van der Waals surface area contributed by atoms with Gasteiger partial charge in [0.2, 0.25) is 0 Å². The molecule has 0 heterocycles. The molecule has 0 aromatic rings. The lowest BCUT2D eigenvalue weighted by Gasteiger charge is -2.21. The summed E-state index contributed by atoms with van der Waals surface area (Å²) >= 11 is 0. The van der Waals surface area contributed by atoms with E-state index < -0.39 is 0 Å². The van der Waals surface area contributed by atoms with E-state index in [-0.39, 0.29) is 0 Å². The molecule has 0 amide bonds. The van der Waals surface area contributed by atoms with Crippen molar-refractivity contribution in [2.75, 3.05) is 0 Å². The molecular weight excluding hydrogens is 168 g/mol. The van der Waals surface area contributed by atoms with Crippen molar-refractivity contribution in [3.05, 3.63) is 12.7 Å².